The normalized spacial score (nSPS) is 9.80. The molecule has 0 unspecified atom stereocenters. The molecule has 3 heteroatoms. The predicted octanol–water partition coefficient (Wildman–Crippen LogP) is 1.96. The molecule has 0 aliphatic carbocycles. The second-order valence-corrected chi connectivity index (χ2v) is 3.03. The molecule has 0 bridgehead atoms. The van der Waals surface area contributed by atoms with Crippen molar-refractivity contribution in [3.63, 3.8) is 0 Å². The molecule has 0 amide bonds. The van der Waals surface area contributed by atoms with Crippen LogP contribution in [-0.4, -0.2) is 17.6 Å². The summed E-state index contributed by atoms with van der Waals surface area (Å²) in [5.41, 5.74) is 1.42. The van der Waals surface area contributed by atoms with Crippen molar-refractivity contribution in [1.29, 1.82) is 0 Å². The minimum absolute atomic E-state index is 0.00165. The van der Waals surface area contributed by atoms with Gasteiger partial charge in [0.2, 0.25) is 0 Å². The van der Waals surface area contributed by atoms with Crippen LogP contribution in [0.2, 0.25) is 0 Å². The number of carbonyl (C=O) groups is 1. The van der Waals surface area contributed by atoms with Gasteiger partial charge < -0.3 is 9.72 Å². The molecule has 1 heterocycles. The highest BCUT2D eigenvalue weighted by atomic mass is 16.5. The van der Waals surface area contributed by atoms with E-state index in [0.717, 1.165) is 10.9 Å². The van der Waals surface area contributed by atoms with Crippen LogP contribution in [0.1, 0.15) is 10.4 Å². The van der Waals surface area contributed by atoms with Gasteiger partial charge in [-0.2, -0.15) is 0 Å². The summed E-state index contributed by atoms with van der Waals surface area (Å²) in [6.45, 7) is -0.00165. The first-order valence-electron chi connectivity index (χ1n) is 4.49. The van der Waals surface area contributed by atoms with Gasteiger partial charge >= 0.3 is 5.97 Å². The predicted molar refractivity (Wildman–Crippen MR) is 57.4 cm³/mol. The van der Waals surface area contributed by atoms with E-state index in [-0.39, 0.29) is 6.61 Å². The Bertz CT molecular complexity index is 534. The van der Waals surface area contributed by atoms with Crippen molar-refractivity contribution >= 4 is 16.9 Å². The first kappa shape index (κ1) is 9.35. The highest BCUT2D eigenvalue weighted by Crippen LogP contribution is 2.18. The highest BCUT2D eigenvalue weighted by Gasteiger charge is 2.11. The molecular weight excluding hydrogens is 190 g/mol. The first-order chi connectivity index (χ1) is 7.33. The number of H-pyrrole nitrogens is 1. The van der Waals surface area contributed by atoms with Crippen molar-refractivity contribution in [2.24, 2.45) is 0 Å². The Labute approximate surface area is 87.1 Å². The Kier molecular flexibility index (Phi) is 2.42. The fraction of sp³-hybridized carbons (Fsp3) is 0.0833. The summed E-state index contributed by atoms with van der Waals surface area (Å²) in [6, 6.07) is 7.52. The quantitative estimate of drug-likeness (QED) is 0.593. The number of fused-ring (bicyclic) bond motifs is 1. The van der Waals surface area contributed by atoms with E-state index in [1.807, 2.05) is 24.3 Å². The lowest BCUT2D eigenvalue weighted by molar-refractivity contribution is 0.0559. The van der Waals surface area contributed by atoms with E-state index in [1.54, 1.807) is 6.20 Å². The summed E-state index contributed by atoms with van der Waals surface area (Å²) in [7, 11) is 0. The fourth-order valence-corrected chi connectivity index (χ4v) is 1.43. The molecule has 1 N–H and O–H groups in total. The number of aromatic amines is 1. The molecule has 0 spiro atoms. The minimum Gasteiger partial charge on any atom is -0.449 e. The topological polar surface area (TPSA) is 42.1 Å². The second-order valence-electron chi connectivity index (χ2n) is 3.03. The molecular formula is C12H9NO2. The molecule has 0 radical (unpaired) electrons. The summed E-state index contributed by atoms with van der Waals surface area (Å²) < 4.78 is 4.85. The van der Waals surface area contributed by atoms with E-state index < -0.39 is 5.97 Å². The molecule has 1 aromatic carbocycles. The maximum atomic E-state index is 11.5. The lowest BCUT2D eigenvalue weighted by Crippen LogP contribution is -2.04. The zero-order chi connectivity index (χ0) is 10.7. The smallest absolute Gasteiger partial charge is 0.341 e. The lowest BCUT2D eigenvalue weighted by Gasteiger charge is -1.98. The van der Waals surface area contributed by atoms with Gasteiger partial charge in [0, 0.05) is 17.1 Å². The number of hydrogen-bond donors (Lipinski definition) is 1. The Balaban J connectivity index is 2.36. The number of rotatable bonds is 2. The number of para-hydroxylation sites is 1. The van der Waals surface area contributed by atoms with Crippen molar-refractivity contribution in [2.45, 2.75) is 0 Å². The monoisotopic (exact) mass is 199 g/mol. The third-order valence-electron chi connectivity index (χ3n) is 2.10. The molecule has 0 saturated carbocycles. The van der Waals surface area contributed by atoms with Crippen LogP contribution in [0.4, 0.5) is 0 Å². The molecule has 0 aliphatic heterocycles. The molecule has 0 fully saturated rings. The summed E-state index contributed by atoms with van der Waals surface area (Å²) in [5.74, 6) is 1.86. The van der Waals surface area contributed by atoms with Crippen molar-refractivity contribution in [2.75, 3.05) is 6.61 Å². The number of esters is 1. The third kappa shape index (κ3) is 1.70. The van der Waals surface area contributed by atoms with E-state index in [0.29, 0.717) is 5.56 Å². The molecule has 3 nitrogen and oxygen atoms in total. The van der Waals surface area contributed by atoms with Crippen molar-refractivity contribution in [3.05, 3.63) is 36.0 Å². The van der Waals surface area contributed by atoms with Gasteiger partial charge in [-0.05, 0) is 6.07 Å². The van der Waals surface area contributed by atoms with Crippen LogP contribution in [0.3, 0.4) is 0 Å². The Morgan fingerprint density at radius 3 is 3.07 bits per heavy atom. The number of carbonyl (C=O) groups excluding carboxylic acids is 1. The van der Waals surface area contributed by atoms with Crippen molar-refractivity contribution in [1.82, 2.24) is 4.98 Å². The maximum absolute atomic E-state index is 11.5. The fourth-order valence-electron chi connectivity index (χ4n) is 1.43. The zero-order valence-electron chi connectivity index (χ0n) is 7.99. The van der Waals surface area contributed by atoms with Crippen LogP contribution in [0.5, 0.6) is 0 Å². The molecule has 0 saturated heterocycles. The van der Waals surface area contributed by atoms with Gasteiger partial charge in [-0.1, -0.05) is 24.1 Å². The van der Waals surface area contributed by atoms with Gasteiger partial charge in [-0.15, -0.1) is 6.42 Å². The van der Waals surface area contributed by atoms with Crippen LogP contribution in [-0.2, 0) is 4.74 Å². The number of terminal acetylenes is 1. The third-order valence-corrected chi connectivity index (χ3v) is 2.10. The van der Waals surface area contributed by atoms with Crippen LogP contribution < -0.4 is 0 Å². The number of aromatic nitrogens is 1. The van der Waals surface area contributed by atoms with Gasteiger partial charge in [0.1, 0.15) is 0 Å². The maximum Gasteiger partial charge on any atom is 0.341 e. The average molecular weight is 199 g/mol. The Morgan fingerprint density at radius 1 is 1.47 bits per heavy atom. The summed E-state index contributed by atoms with van der Waals surface area (Å²) in [6.07, 6.45) is 6.64. The van der Waals surface area contributed by atoms with Crippen LogP contribution in [0.25, 0.3) is 10.9 Å². The van der Waals surface area contributed by atoms with Gasteiger partial charge in [-0.25, -0.2) is 4.79 Å². The zero-order valence-corrected chi connectivity index (χ0v) is 7.99. The largest absolute Gasteiger partial charge is 0.449 e. The van der Waals surface area contributed by atoms with Gasteiger partial charge in [0.15, 0.2) is 6.61 Å². The molecule has 0 atom stereocenters. The standard InChI is InChI=1S/C12H9NO2/c1-2-7-15-12(14)10-8-13-11-6-4-3-5-9(10)11/h1,3-6,8,13H,7H2. The van der Waals surface area contributed by atoms with E-state index in [2.05, 4.69) is 10.9 Å². The SMILES string of the molecule is C#CCOC(=O)c1c[nH]c2ccccc12. The molecule has 0 aliphatic rings. The van der Waals surface area contributed by atoms with E-state index in [4.69, 9.17) is 11.2 Å². The van der Waals surface area contributed by atoms with E-state index in [1.165, 1.54) is 0 Å². The minimum atomic E-state index is -0.398. The summed E-state index contributed by atoms with van der Waals surface area (Å²) >= 11 is 0. The Morgan fingerprint density at radius 2 is 2.27 bits per heavy atom. The van der Waals surface area contributed by atoms with Crippen LogP contribution >= 0.6 is 0 Å². The number of hydrogen-bond acceptors (Lipinski definition) is 2. The van der Waals surface area contributed by atoms with E-state index in [9.17, 15) is 4.79 Å². The first-order valence-corrected chi connectivity index (χ1v) is 4.49. The summed E-state index contributed by atoms with van der Waals surface area (Å²) in [5, 5.41) is 0.847. The second kappa shape index (κ2) is 3.89. The molecule has 2 rings (SSSR count). The van der Waals surface area contributed by atoms with Crippen molar-refractivity contribution < 1.29 is 9.53 Å². The highest BCUT2D eigenvalue weighted by molar-refractivity contribution is 6.04. The number of nitrogens with one attached hydrogen (secondary N) is 1. The molecule has 1 aromatic heterocycles. The van der Waals surface area contributed by atoms with E-state index >= 15 is 0 Å². The number of benzene rings is 1. The van der Waals surface area contributed by atoms with Gasteiger partial charge in [-0.3, -0.25) is 0 Å². The van der Waals surface area contributed by atoms with Gasteiger partial charge in [0.25, 0.3) is 0 Å². The van der Waals surface area contributed by atoms with Crippen LogP contribution in [0, 0.1) is 12.3 Å². The molecule has 15 heavy (non-hydrogen) atoms. The molecule has 74 valence electrons. The van der Waals surface area contributed by atoms with Crippen molar-refractivity contribution in [3.8, 4) is 12.3 Å². The van der Waals surface area contributed by atoms with Crippen LogP contribution in [0.15, 0.2) is 30.5 Å². The van der Waals surface area contributed by atoms with Gasteiger partial charge in [0.05, 0.1) is 5.56 Å². The summed E-state index contributed by atoms with van der Waals surface area (Å²) in [4.78, 5) is 14.5. The Hall–Kier alpha value is -2.21. The number of ether oxygens (including phenoxy) is 1. The average Bonchev–Trinajstić information content (AvgIpc) is 2.69. The molecule has 2 aromatic rings. The lowest BCUT2D eigenvalue weighted by atomic mass is 10.2.